The number of hydrogen-bond acceptors (Lipinski definition) is 2. The molecule has 2 heterocycles. The number of carbonyl (C=O) groups excluding carboxylic acids is 1. The Morgan fingerprint density at radius 3 is 2.13 bits per heavy atom. The van der Waals surface area contributed by atoms with Gasteiger partial charge in [0, 0.05) is 11.8 Å². The maximum atomic E-state index is 13.4. The van der Waals surface area contributed by atoms with E-state index in [0.29, 0.717) is 11.1 Å². The summed E-state index contributed by atoms with van der Waals surface area (Å²) in [6.07, 6.45) is -3.80. The van der Waals surface area contributed by atoms with Crippen LogP contribution in [0.2, 0.25) is 0 Å². The van der Waals surface area contributed by atoms with Crippen molar-refractivity contribution in [1.29, 1.82) is 0 Å². The van der Waals surface area contributed by atoms with Gasteiger partial charge < -0.3 is 5.32 Å². The lowest BCUT2D eigenvalue weighted by atomic mass is 10.1. The van der Waals surface area contributed by atoms with E-state index < -0.39 is 29.3 Å². The molecule has 0 spiro atoms. The highest BCUT2D eigenvalue weighted by Crippen LogP contribution is 2.34. The summed E-state index contributed by atoms with van der Waals surface area (Å²) in [4.78, 5) is 16.8. The second-order valence-corrected chi connectivity index (χ2v) is 6.81. The van der Waals surface area contributed by atoms with Crippen LogP contribution in [0, 0.1) is 11.6 Å². The van der Waals surface area contributed by atoms with Gasteiger partial charge in [0.05, 0.1) is 17.7 Å². The summed E-state index contributed by atoms with van der Waals surface area (Å²) in [6.45, 7) is 0. The fourth-order valence-electron chi connectivity index (χ4n) is 3.15. The molecule has 0 saturated carbocycles. The number of aromatic nitrogens is 2. The molecule has 0 aliphatic carbocycles. The molecular weight excluding hydrogens is 417 g/mol. The van der Waals surface area contributed by atoms with Crippen molar-refractivity contribution in [2.75, 3.05) is 5.32 Å². The van der Waals surface area contributed by atoms with Gasteiger partial charge >= 0.3 is 6.18 Å². The first-order chi connectivity index (χ1) is 14.7. The van der Waals surface area contributed by atoms with E-state index in [1.807, 2.05) is 0 Å². The Hall–Kier alpha value is -3.75. The normalized spacial score (nSPS) is 11.6. The van der Waals surface area contributed by atoms with Gasteiger partial charge in [-0.3, -0.25) is 9.20 Å². The molecule has 0 saturated heterocycles. The number of carbonyl (C=O) groups is 1. The summed E-state index contributed by atoms with van der Waals surface area (Å²) in [5.41, 5.74) is 0.360. The summed E-state index contributed by atoms with van der Waals surface area (Å²) in [6, 6.07) is 12.5. The number of nitrogens with one attached hydrogen (secondary N) is 1. The molecule has 158 valence electrons. The molecule has 1 amide bonds. The lowest BCUT2D eigenvalue weighted by molar-refractivity contribution is -0.137. The molecule has 2 aromatic heterocycles. The van der Waals surface area contributed by atoms with E-state index in [0.717, 1.165) is 24.4 Å². The van der Waals surface area contributed by atoms with E-state index >= 15 is 0 Å². The summed E-state index contributed by atoms with van der Waals surface area (Å²) >= 11 is 0. The van der Waals surface area contributed by atoms with Crippen LogP contribution in [0.5, 0.6) is 0 Å². The molecule has 0 unspecified atom stereocenters. The number of benzene rings is 2. The predicted molar refractivity (Wildman–Crippen MR) is 104 cm³/mol. The van der Waals surface area contributed by atoms with E-state index in [2.05, 4.69) is 10.3 Å². The Labute approximate surface area is 173 Å². The molecule has 31 heavy (non-hydrogen) atoms. The Bertz CT molecular complexity index is 1250. The summed E-state index contributed by atoms with van der Waals surface area (Å²) < 4.78 is 67.3. The lowest BCUT2D eigenvalue weighted by Gasteiger charge is -2.10. The van der Waals surface area contributed by atoms with E-state index in [4.69, 9.17) is 0 Å². The van der Waals surface area contributed by atoms with Crippen LogP contribution in [0.15, 0.2) is 66.9 Å². The van der Waals surface area contributed by atoms with Crippen LogP contribution < -0.4 is 5.32 Å². The number of nitrogens with zero attached hydrogens (tertiary/aromatic N) is 2. The lowest BCUT2D eigenvalue weighted by Crippen LogP contribution is -2.15. The summed E-state index contributed by atoms with van der Waals surface area (Å²) in [5.74, 6) is -1.42. The second-order valence-electron chi connectivity index (χ2n) is 6.81. The molecule has 0 aliphatic heterocycles. The van der Waals surface area contributed by atoms with Gasteiger partial charge in [0.25, 0.3) is 0 Å². The van der Waals surface area contributed by atoms with E-state index in [-0.39, 0.29) is 23.6 Å². The Morgan fingerprint density at radius 1 is 0.903 bits per heavy atom. The zero-order chi connectivity index (χ0) is 22.2. The van der Waals surface area contributed by atoms with Gasteiger partial charge in [0.1, 0.15) is 17.3 Å². The number of pyridine rings is 1. The Morgan fingerprint density at radius 2 is 1.52 bits per heavy atom. The third-order valence-electron chi connectivity index (χ3n) is 4.60. The van der Waals surface area contributed by atoms with Crippen LogP contribution in [0.1, 0.15) is 11.1 Å². The van der Waals surface area contributed by atoms with Crippen molar-refractivity contribution < 1.29 is 26.7 Å². The fraction of sp³-hybridized carbons (Fsp3) is 0.0909. The number of imidazole rings is 1. The number of halogens is 5. The third kappa shape index (κ3) is 4.40. The standard InChI is InChI=1S/C22H14F5N3O/c23-16-6-1-13(2-7-16)11-19(31)29-21-20(14-3-8-17(24)9-4-14)30-12-15(22(25,26)27)5-10-18(30)28-21/h1-10,12H,11H2,(H,29,31). The molecule has 1 N–H and O–H groups in total. The minimum atomic E-state index is -4.58. The Kier molecular flexibility index (Phi) is 5.18. The maximum absolute atomic E-state index is 13.4. The number of amides is 1. The van der Waals surface area contributed by atoms with Crippen molar-refractivity contribution in [3.8, 4) is 11.3 Å². The topological polar surface area (TPSA) is 46.4 Å². The van der Waals surface area contributed by atoms with Gasteiger partial charge in [-0.15, -0.1) is 0 Å². The van der Waals surface area contributed by atoms with E-state index in [1.54, 1.807) is 0 Å². The average molecular weight is 431 g/mol. The van der Waals surface area contributed by atoms with E-state index in [9.17, 15) is 26.7 Å². The minimum absolute atomic E-state index is 0.0260. The van der Waals surface area contributed by atoms with E-state index in [1.165, 1.54) is 46.9 Å². The molecule has 0 fully saturated rings. The smallest absolute Gasteiger partial charge is 0.309 e. The number of alkyl halides is 3. The predicted octanol–water partition coefficient (Wildman–Crippen LogP) is 5.48. The van der Waals surface area contributed by atoms with Crippen LogP contribution in [0.3, 0.4) is 0 Å². The second kappa shape index (κ2) is 7.82. The highest BCUT2D eigenvalue weighted by molar-refractivity contribution is 5.95. The largest absolute Gasteiger partial charge is 0.417 e. The molecule has 4 rings (SSSR count). The van der Waals surface area contributed by atoms with Crippen molar-refractivity contribution >= 4 is 17.4 Å². The molecule has 0 radical (unpaired) electrons. The van der Waals surface area contributed by atoms with Gasteiger partial charge in [0.2, 0.25) is 5.91 Å². The van der Waals surface area contributed by atoms with Crippen LogP contribution in [0.4, 0.5) is 27.8 Å². The number of fused-ring (bicyclic) bond motifs is 1. The van der Waals surface area contributed by atoms with Crippen LogP contribution in [0.25, 0.3) is 16.9 Å². The van der Waals surface area contributed by atoms with Crippen molar-refractivity contribution in [2.24, 2.45) is 0 Å². The van der Waals surface area contributed by atoms with Gasteiger partial charge in [-0.2, -0.15) is 13.2 Å². The first-order valence-corrected chi connectivity index (χ1v) is 9.10. The van der Waals surface area contributed by atoms with Crippen molar-refractivity contribution in [1.82, 2.24) is 9.38 Å². The molecular formula is C22H14F5N3O. The first kappa shape index (κ1) is 20.5. The molecule has 2 aromatic carbocycles. The van der Waals surface area contributed by atoms with Crippen LogP contribution in [-0.2, 0) is 17.4 Å². The monoisotopic (exact) mass is 431 g/mol. The number of anilines is 1. The molecule has 0 bridgehead atoms. The summed E-state index contributed by atoms with van der Waals surface area (Å²) in [5, 5.41) is 2.59. The van der Waals surface area contributed by atoms with Gasteiger partial charge in [-0.25, -0.2) is 13.8 Å². The van der Waals surface area contributed by atoms with Crippen LogP contribution in [-0.4, -0.2) is 15.3 Å². The fourth-order valence-corrected chi connectivity index (χ4v) is 3.15. The highest BCUT2D eigenvalue weighted by Gasteiger charge is 2.31. The molecule has 0 atom stereocenters. The maximum Gasteiger partial charge on any atom is 0.417 e. The first-order valence-electron chi connectivity index (χ1n) is 9.10. The quantitative estimate of drug-likeness (QED) is 0.435. The SMILES string of the molecule is O=C(Cc1ccc(F)cc1)Nc1nc2ccc(C(F)(F)F)cn2c1-c1ccc(F)cc1. The third-order valence-corrected chi connectivity index (χ3v) is 4.60. The Balaban J connectivity index is 1.76. The van der Waals surface area contributed by atoms with Crippen LogP contribution >= 0.6 is 0 Å². The van der Waals surface area contributed by atoms with Gasteiger partial charge in [0.15, 0.2) is 5.82 Å². The molecule has 4 aromatic rings. The number of rotatable bonds is 4. The molecule has 0 aliphatic rings. The van der Waals surface area contributed by atoms with Gasteiger partial charge in [-0.1, -0.05) is 12.1 Å². The summed E-state index contributed by atoms with van der Waals surface area (Å²) in [7, 11) is 0. The zero-order valence-corrected chi connectivity index (χ0v) is 15.8. The van der Waals surface area contributed by atoms with Crippen molar-refractivity contribution in [2.45, 2.75) is 12.6 Å². The van der Waals surface area contributed by atoms with Crippen molar-refractivity contribution in [3.05, 3.63) is 89.6 Å². The average Bonchev–Trinajstić information content (AvgIpc) is 3.06. The minimum Gasteiger partial charge on any atom is -0.309 e. The van der Waals surface area contributed by atoms with Gasteiger partial charge in [-0.05, 0) is 54.1 Å². The molecule has 9 heteroatoms. The molecule has 4 nitrogen and oxygen atoms in total. The number of hydrogen-bond donors (Lipinski definition) is 1. The zero-order valence-electron chi connectivity index (χ0n) is 15.8. The van der Waals surface area contributed by atoms with Crippen molar-refractivity contribution in [3.63, 3.8) is 0 Å². The highest BCUT2D eigenvalue weighted by atomic mass is 19.4.